The molecular formula is C10H9NO4. The minimum atomic E-state index is -0.973. The summed E-state index contributed by atoms with van der Waals surface area (Å²) in [6, 6.07) is 6.87. The second-order valence-electron chi connectivity index (χ2n) is 3.19. The average molecular weight is 207 g/mol. The Kier molecular flexibility index (Phi) is 2.29. The quantitative estimate of drug-likeness (QED) is 0.565. The molecule has 0 atom stereocenters. The van der Waals surface area contributed by atoms with E-state index in [9.17, 15) is 9.59 Å². The Labute approximate surface area is 85.9 Å². The van der Waals surface area contributed by atoms with Crippen LogP contribution < -0.4 is 9.64 Å². The lowest BCUT2D eigenvalue weighted by molar-refractivity contribution is -0.136. The van der Waals surface area contributed by atoms with Crippen molar-refractivity contribution in [2.45, 2.75) is 0 Å². The van der Waals surface area contributed by atoms with E-state index in [0.717, 1.165) is 0 Å². The molecule has 0 fully saturated rings. The summed E-state index contributed by atoms with van der Waals surface area (Å²) in [6.07, 6.45) is 0. The van der Waals surface area contributed by atoms with Gasteiger partial charge in [-0.25, -0.2) is 4.79 Å². The molecule has 1 N–H and O–H groups in total. The number of nitrogens with zero attached hydrogens (tertiary/aromatic N) is 1. The van der Waals surface area contributed by atoms with Crippen LogP contribution >= 0.6 is 0 Å². The van der Waals surface area contributed by atoms with Crippen LogP contribution in [0.25, 0.3) is 0 Å². The number of anilines is 1. The number of hydrogen-bond donors (Lipinski definition) is 1. The molecule has 1 aliphatic rings. The largest absolute Gasteiger partial charge is 0.480 e. The molecule has 0 saturated carbocycles. The highest BCUT2D eigenvalue weighted by molar-refractivity contribution is 5.87. The maximum atomic E-state index is 11.2. The maximum Gasteiger partial charge on any atom is 0.331 e. The number of carboxylic acid groups (broad SMARTS) is 1. The summed E-state index contributed by atoms with van der Waals surface area (Å²) in [7, 11) is 0. The van der Waals surface area contributed by atoms with Gasteiger partial charge in [-0.15, -0.1) is 0 Å². The van der Waals surface area contributed by atoms with Crippen LogP contribution in [-0.2, 0) is 9.59 Å². The van der Waals surface area contributed by atoms with Gasteiger partial charge in [0.15, 0.2) is 5.75 Å². The number of ether oxygens (including phenoxy) is 1. The number of carboxylic acids is 1. The standard InChI is InChI=1S/C10H9NO4/c12-9(13)5-11-6-10(14)15-8-4-2-1-3-7(8)11/h1-4H,5-6H2,(H,12,13). The van der Waals surface area contributed by atoms with Gasteiger partial charge in [-0.05, 0) is 12.1 Å². The third-order valence-electron chi connectivity index (χ3n) is 2.08. The molecule has 2 rings (SSSR count). The van der Waals surface area contributed by atoms with E-state index < -0.39 is 11.9 Å². The smallest absolute Gasteiger partial charge is 0.331 e. The lowest BCUT2D eigenvalue weighted by Gasteiger charge is -2.27. The van der Waals surface area contributed by atoms with Gasteiger partial charge in [-0.2, -0.15) is 0 Å². The van der Waals surface area contributed by atoms with Gasteiger partial charge in [-0.3, -0.25) is 4.79 Å². The number of carbonyl (C=O) groups excluding carboxylic acids is 1. The van der Waals surface area contributed by atoms with Crippen LogP contribution in [0.15, 0.2) is 24.3 Å². The van der Waals surface area contributed by atoms with E-state index in [4.69, 9.17) is 9.84 Å². The molecule has 0 unspecified atom stereocenters. The predicted octanol–water partition coefficient (Wildman–Crippen LogP) is 0.497. The highest BCUT2D eigenvalue weighted by atomic mass is 16.5. The van der Waals surface area contributed by atoms with E-state index in [1.54, 1.807) is 24.3 Å². The fraction of sp³-hybridized carbons (Fsp3) is 0.200. The van der Waals surface area contributed by atoms with E-state index in [2.05, 4.69) is 0 Å². The lowest BCUT2D eigenvalue weighted by atomic mass is 10.2. The number of para-hydroxylation sites is 2. The zero-order valence-corrected chi connectivity index (χ0v) is 7.84. The highest BCUT2D eigenvalue weighted by Gasteiger charge is 2.24. The SMILES string of the molecule is O=C(O)CN1CC(=O)Oc2ccccc21. The minimum absolute atomic E-state index is 0.0245. The molecule has 1 aliphatic heterocycles. The second-order valence-corrected chi connectivity index (χ2v) is 3.19. The molecule has 1 aromatic carbocycles. The van der Waals surface area contributed by atoms with E-state index in [1.807, 2.05) is 0 Å². The summed E-state index contributed by atoms with van der Waals surface area (Å²) >= 11 is 0. The van der Waals surface area contributed by atoms with Crippen molar-refractivity contribution in [3.05, 3.63) is 24.3 Å². The first-order chi connectivity index (χ1) is 7.16. The summed E-state index contributed by atoms with van der Waals surface area (Å²) < 4.78 is 4.97. The molecule has 15 heavy (non-hydrogen) atoms. The third-order valence-corrected chi connectivity index (χ3v) is 2.08. The molecule has 0 bridgehead atoms. The molecular weight excluding hydrogens is 198 g/mol. The Bertz CT molecular complexity index is 416. The van der Waals surface area contributed by atoms with Crippen molar-refractivity contribution in [3.8, 4) is 5.75 Å². The van der Waals surface area contributed by atoms with Crippen LogP contribution in [0.5, 0.6) is 5.75 Å². The van der Waals surface area contributed by atoms with Crippen LogP contribution in [0.4, 0.5) is 5.69 Å². The Morgan fingerprint density at radius 2 is 2.20 bits per heavy atom. The van der Waals surface area contributed by atoms with Crippen LogP contribution in [-0.4, -0.2) is 30.1 Å². The maximum absolute atomic E-state index is 11.2. The van der Waals surface area contributed by atoms with Gasteiger partial charge in [-0.1, -0.05) is 12.1 Å². The molecule has 0 spiro atoms. The normalized spacial score (nSPS) is 14.4. The van der Waals surface area contributed by atoms with Gasteiger partial charge in [0.2, 0.25) is 0 Å². The summed E-state index contributed by atoms with van der Waals surface area (Å²) in [5, 5.41) is 8.68. The Morgan fingerprint density at radius 1 is 1.47 bits per heavy atom. The third kappa shape index (κ3) is 1.90. The number of rotatable bonds is 2. The van der Waals surface area contributed by atoms with Gasteiger partial charge in [0.25, 0.3) is 0 Å². The van der Waals surface area contributed by atoms with Crippen molar-refractivity contribution < 1.29 is 19.4 Å². The first-order valence-electron chi connectivity index (χ1n) is 4.43. The molecule has 1 heterocycles. The molecule has 0 amide bonds. The van der Waals surface area contributed by atoms with E-state index in [1.165, 1.54) is 4.90 Å². The Morgan fingerprint density at radius 3 is 2.93 bits per heavy atom. The molecule has 0 aromatic heterocycles. The molecule has 5 nitrogen and oxygen atoms in total. The summed E-state index contributed by atoms with van der Waals surface area (Å²) in [4.78, 5) is 23.2. The minimum Gasteiger partial charge on any atom is -0.480 e. The van der Waals surface area contributed by atoms with Crippen molar-refractivity contribution in [1.29, 1.82) is 0 Å². The number of hydrogen-bond acceptors (Lipinski definition) is 4. The zero-order valence-electron chi connectivity index (χ0n) is 7.84. The molecule has 1 aromatic rings. The number of fused-ring (bicyclic) bond motifs is 1. The molecule has 78 valence electrons. The fourth-order valence-electron chi connectivity index (χ4n) is 1.50. The topological polar surface area (TPSA) is 66.8 Å². The van der Waals surface area contributed by atoms with Crippen molar-refractivity contribution in [2.75, 3.05) is 18.0 Å². The van der Waals surface area contributed by atoms with Crippen LogP contribution in [0.3, 0.4) is 0 Å². The Balaban J connectivity index is 2.33. The lowest BCUT2D eigenvalue weighted by Crippen LogP contribution is -2.39. The number of benzene rings is 1. The summed E-state index contributed by atoms with van der Waals surface area (Å²) in [5.74, 6) is -0.996. The number of aliphatic carboxylic acids is 1. The highest BCUT2D eigenvalue weighted by Crippen LogP contribution is 2.30. The number of carbonyl (C=O) groups is 2. The average Bonchev–Trinajstić information content (AvgIpc) is 2.16. The van der Waals surface area contributed by atoms with E-state index in [-0.39, 0.29) is 13.1 Å². The Hall–Kier alpha value is -2.04. The van der Waals surface area contributed by atoms with Crippen LogP contribution in [0.2, 0.25) is 0 Å². The van der Waals surface area contributed by atoms with E-state index in [0.29, 0.717) is 11.4 Å². The molecule has 0 saturated heterocycles. The predicted molar refractivity (Wildman–Crippen MR) is 51.9 cm³/mol. The van der Waals surface area contributed by atoms with Crippen LogP contribution in [0, 0.1) is 0 Å². The van der Waals surface area contributed by atoms with Crippen LogP contribution in [0.1, 0.15) is 0 Å². The van der Waals surface area contributed by atoms with Crippen molar-refractivity contribution >= 4 is 17.6 Å². The first kappa shape index (κ1) is 9.51. The summed E-state index contributed by atoms with van der Waals surface area (Å²) in [6.45, 7) is -0.227. The van der Waals surface area contributed by atoms with Crippen molar-refractivity contribution in [3.63, 3.8) is 0 Å². The van der Waals surface area contributed by atoms with Gasteiger partial charge in [0, 0.05) is 0 Å². The monoisotopic (exact) mass is 207 g/mol. The van der Waals surface area contributed by atoms with Gasteiger partial charge < -0.3 is 14.7 Å². The van der Waals surface area contributed by atoms with Crippen molar-refractivity contribution in [2.24, 2.45) is 0 Å². The second kappa shape index (κ2) is 3.61. The van der Waals surface area contributed by atoms with Gasteiger partial charge in [0.1, 0.15) is 13.1 Å². The van der Waals surface area contributed by atoms with E-state index >= 15 is 0 Å². The molecule has 0 radical (unpaired) electrons. The first-order valence-corrected chi connectivity index (χ1v) is 4.43. The zero-order chi connectivity index (χ0) is 10.8. The van der Waals surface area contributed by atoms with Gasteiger partial charge >= 0.3 is 11.9 Å². The number of esters is 1. The fourth-order valence-corrected chi connectivity index (χ4v) is 1.50. The molecule has 5 heteroatoms. The summed E-state index contributed by atoms with van der Waals surface area (Å²) in [5.41, 5.74) is 0.638. The van der Waals surface area contributed by atoms with Gasteiger partial charge in [0.05, 0.1) is 5.69 Å². The molecule has 0 aliphatic carbocycles. The van der Waals surface area contributed by atoms with Crippen molar-refractivity contribution in [1.82, 2.24) is 0 Å².